The molecule has 0 bridgehead atoms. The van der Waals surface area contributed by atoms with Gasteiger partial charge in [-0.3, -0.25) is 10.1 Å². The molecule has 0 saturated heterocycles. The number of aromatic nitrogens is 2. The quantitative estimate of drug-likeness (QED) is 0.505. The first-order chi connectivity index (χ1) is 13.5. The van der Waals surface area contributed by atoms with Gasteiger partial charge in [0.2, 0.25) is 0 Å². The molecule has 2 aromatic carbocycles. The average molecular weight is 399 g/mol. The maximum Gasteiger partial charge on any atom is 0.387 e. The highest BCUT2D eigenvalue weighted by Gasteiger charge is 2.17. The first kappa shape index (κ1) is 18.1. The van der Waals surface area contributed by atoms with Gasteiger partial charge in [-0.25, -0.2) is 4.98 Å². The van der Waals surface area contributed by atoms with Crippen molar-refractivity contribution in [2.45, 2.75) is 6.61 Å². The van der Waals surface area contributed by atoms with Crippen LogP contribution in [0.15, 0.2) is 60.1 Å². The topological polar surface area (TPSA) is 56.2 Å². The Kier molecular flexibility index (Phi) is 4.79. The first-order valence-corrected chi connectivity index (χ1v) is 9.26. The molecular formula is C20H15F2N3O2S. The molecule has 0 aliphatic carbocycles. The monoisotopic (exact) mass is 399 g/mol. The number of alkyl halides is 2. The first-order valence-electron chi connectivity index (χ1n) is 8.38. The largest absolute Gasteiger partial charge is 0.434 e. The Balaban J connectivity index is 1.60. The number of hydrogen-bond donors (Lipinski definition) is 1. The number of carbonyl (C=O) groups excluding carboxylic acids is 1. The minimum absolute atomic E-state index is 0.0368. The van der Waals surface area contributed by atoms with Crippen LogP contribution in [-0.2, 0) is 7.05 Å². The smallest absolute Gasteiger partial charge is 0.387 e. The van der Waals surface area contributed by atoms with Gasteiger partial charge < -0.3 is 9.30 Å². The Labute approximate surface area is 163 Å². The second-order valence-corrected chi connectivity index (χ2v) is 6.90. The molecule has 0 unspecified atom stereocenters. The lowest BCUT2D eigenvalue weighted by Crippen LogP contribution is -2.11. The second kappa shape index (κ2) is 7.40. The van der Waals surface area contributed by atoms with Gasteiger partial charge in [0, 0.05) is 35.1 Å². The van der Waals surface area contributed by atoms with E-state index in [1.54, 1.807) is 29.8 Å². The number of nitrogens with zero attached hydrogens (tertiary/aromatic N) is 2. The summed E-state index contributed by atoms with van der Waals surface area (Å²) in [7, 11) is 1.88. The molecule has 2 aromatic heterocycles. The summed E-state index contributed by atoms with van der Waals surface area (Å²) in [6, 6.07) is 14.0. The Bertz CT molecular complexity index is 1150. The van der Waals surface area contributed by atoms with Crippen molar-refractivity contribution in [2.75, 3.05) is 5.32 Å². The molecule has 0 fully saturated rings. The van der Waals surface area contributed by atoms with Crippen molar-refractivity contribution < 1.29 is 18.3 Å². The summed E-state index contributed by atoms with van der Waals surface area (Å²) in [6.07, 6.45) is 1.76. The zero-order valence-electron chi connectivity index (χ0n) is 14.7. The van der Waals surface area contributed by atoms with Gasteiger partial charge in [-0.15, -0.1) is 11.3 Å². The lowest BCUT2D eigenvalue weighted by Gasteiger charge is -2.08. The molecule has 0 radical (unpaired) electrons. The van der Waals surface area contributed by atoms with Crippen LogP contribution in [0.2, 0.25) is 0 Å². The average Bonchev–Trinajstić information content (AvgIpc) is 3.27. The highest BCUT2D eigenvalue weighted by Crippen LogP contribution is 2.33. The number of rotatable bonds is 5. The number of hydrogen-bond acceptors (Lipinski definition) is 4. The van der Waals surface area contributed by atoms with Crippen LogP contribution in [0.4, 0.5) is 13.9 Å². The number of para-hydroxylation sites is 2. The Morgan fingerprint density at radius 3 is 2.75 bits per heavy atom. The molecule has 5 nitrogen and oxygen atoms in total. The maximum absolute atomic E-state index is 12.7. The number of amides is 1. The van der Waals surface area contributed by atoms with Gasteiger partial charge in [-0.2, -0.15) is 8.78 Å². The van der Waals surface area contributed by atoms with Crippen molar-refractivity contribution in [3.05, 3.63) is 65.7 Å². The van der Waals surface area contributed by atoms with Crippen LogP contribution in [0.1, 0.15) is 10.4 Å². The summed E-state index contributed by atoms with van der Waals surface area (Å²) in [5, 5.41) is 5.68. The molecule has 0 aliphatic rings. The van der Waals surface area contributed by atoms with Gasteiger partial charge in [-0.05, 0) is 18.2 Å². The third kappa shape index (κ3) is 3.46. The predicted octanol–water partition coefficient (Wildman–Crippen LogP) is 5.16. The zero-order chi connectivity index (χ0) is 19.7. The standard InChI is InChI=1S/C20H15F2N3O2S/c1-25-10-14(12-6-2-4-8-16(12)25)18(26)24-20-23-15(11-28-20)13-7-3-5-9-17(13)27-19(21)22/h2-11,19H,1H3,(H,23,24,26). The molecule has 0 atom stereocenters. The highest BCUT2D eigenvalue weighted by molar-refractivity contribution is 7.14. The van der Waals surface area contributed by atoms with Crippen LogP contribution in [0.5, 0.6) is 5.75 Å². The fourth-order valence-corrected chi connectivity index (χ4v) is 3.72. The molecule has 4 aromatic rings. The molecule has 8 heteroatoms. The van der Waals surface area contributed by atoms with E-state index in [1.807, 2.05) is 35.9 Å². The van der Waals surface area contributed by atoms with E-state index >= 15 is 0 Å². The summed E-state index contributed by atoms with van der Waals surface area (Å²) in [4.78, 5) is 17.1. The van der Waals surface area contributed by atoms with E-state index in [-0.39, 0.29) is 11.7 Å². The molecule has 0 spiro atoms. The number of nitrogens with one attached hydrogen (secondary N) is 1. The molecule has 2 heterocycles. The lowest BCUT2D eigenvalue weighted by molar-refractivity contribution is -0.0494. The summed E-state index contributed by atoms with van der Waals surface area (Å²) in [5.41, 5.74) is 2.38. The van der Waals surface area contributed by atoms with Crippen LogP contribution >= 0.6 is 11.3 Å². The van der Waals surface area contributed by atoms with Crippen molar-refractivity contribution in [3.8, 4) is 17.0 Å². The number of aryl methyl sites for hydroxylation is 1. The predicted molar refractivity (Wildman–Crippen MR) is 105 cm³/mol. The maximum atomic E-state index is 12.7. The van der Waals surface area contributed by atoms with Crippen molar-refractivity contribution in [1.82, 2.24) is 9.55 Å². The van der Waals surface area contributed by atoms with Gasteiger partial charge in [0.1, 0.15) is 5.75 Å². The van der Waals surface area contributed by atoms with Crippen molar-refractivity contribution in [2.24, 2.45) is 7.05 Å². The Morgan fingerprint density at radius 2 is 1.93 bits per heavy atom. The lowest BCUT2D eigenvalue weighted by atomic mass is 10.1. The molecule has 4 rings (SSSR count). The summed E-state index contributed by atoms with van der Waals surface area (Å²) >= 11 is 1.21. The van der Waals surface area contributed by atoms with E-state index in [4.69, 9.17) is 0 Å². The summed E-state index contributed by atoms with van der Waals surface area (Å²) in [5.74, 6) is -0.246. The number of thiazole rings is 1. The summed E-state index contributed by atoms with van der Waals surface area (Å²) in [6.45, 7) is -2.93. The third-order valence-electron chi connectivity index (χ3n) is 4.25. The van der Waals surface area contributed by atoms with E-state index in [0.29, 0.717) is 22.0 Å². The number of carbonyl (C=O) groups is 1. The van der Waals surface area contributed by atoms with Crippen LogP contribution in [0.25, 0.3) is 22.2 Å². The Morgan fingerprint density at radius 1 is 1.18 bits per heavy atom. The van der Waals surface area contributed by atoms with E-state index in [1.165, 1.54) is 17.4 Å². The highest BCUT2D eigenvalue weighted by atomic mass is 32.1. The van der Waals surface area contributed by atoms with Gasteiger partial charge in [0.05, 0.1) is 11.3 Å². The SMILES string of the molecule is Cn1cc(C(=O)Nc2nc(-c3ccccc3OC(F)F)cs2)c2ccccc21. The van der Waals surface area contributed by atoms with Crippen LogP contribution in [0.3, 0.4) is 0 Å². The number of anilines is 1. The van der Waals surface area contributed by atoms with Crippen LogP contribution in [-0.4, -0.2) is 22.1 Å². The number of ether oxygens (including phenoxy) is 1. The summed E-state index contributed by atoms with van der Waals surface area (Å²) < 4.78 is 31.7. The van der Waals surface area contributed by atoms with Crippen molar-refractivity contribution >= 4 is 33.3 Å². The molecule has 1 N–H and O–H groups in total. The molecule has 1 amide bonds. The molecule has 0 saturated carbocycles. The van der Waals surface area contributed by atoms with Gasteiger partial charge in [0.25, 0.3) is 5.91 Å². The van der Waals surface area contributed by atoms with E-state index in [2.05, 4.69) is 15.0 Å². The van der Waals surface area contributed by atoms with Crippen LogP contribution < -0.4 is 10.1 Å². The molecular weight excluding hydrogens is 384 g/mol. The fraction of sp³-hybridized carbons (Fsp3) is 0.100. The Hall–Kier alpha value is -3.26. The number of halogens is 2. The van der Waals surface area contributed by atoms with Crippen molar-refractivity contribution in [3.63, 3.8) is 0 Å². The van der Waals surface area contributed by atoms with Gasteiger partial charge >= 0.3 is 6.61 Å². The molecule has 142 valence electrons. The van der Waals surface area contributed by atoms with Gasteiger partial charge in [0.15, 0.2) is 5.13 Å². The van der Waals surface area contributed by atoms with Crippen molar-refractivity contribution in [1.29, 1.82) is 0 Å². The minimum atomic E-state index is -2.93. The van der Waals surface area contributed by atoms with Gasteiger partial charge in [-0.1, -0.05) is 30.3 Å². The third-order valence-corrected chi connectivity index (χ3v) is 5.00. The number of fused-ring (bicyclic) bond motifs is 1. The van der Waals surface area contributed by atoms with E-state index in [0.717, 1.165) is 10.9 Å². The normalized spacial score (nSPS) is 11.1. The van der Waals surface area contributed by atoms with E-state index in [9.17, 15) is 13.6 Å². The zero-order valence-corrected chi connectivity index (χ0v) is 15.5. The van der Waals surface area contributed by atoms with Crippen LogP contribution in [0, 0.1) is 0 Å². The van der Waals surface area contributed by atoms with E-state index < -0.39 is 6.61 Å². The molecule has 28 heavy (non-hydrogen) atoms. The minimum Gasteiger partial charge on any atom is -0.434 e. The molecule has 0 aliphatic heterocycles. The number of benzene rings is 2. The fourth-order valence-electron chi connectivity index (χ4n) is 3.02. The second-order valence-electron chi connectivity index (χ2n) is 6.04.